The van der Waals surface area contributed by atoms with Crippen LogP contribution in [-0.2, 0) is 10.0 Å². The normalized spacial score (nSPS) is 14.4. The van der Waals surface area contributed by atoms with Crippen LogP contribution in [0.15, 0.2) is 62.3 Å². The van der Waals surface area contributed by atoms with Gasteiger partial charge in [-0.15, -0.1) is 0 Å². The van der Waals surface area contributed by atoms with Gasteiger partial charge in [0.1, 0.15) is 5.58 Å². The fraction of sp³-hybridized carbons (Fsp3) is 0.211. The fourth-order valence-electron chi connectivity index (χ4n) is 2.67. The summed E-state index contributed by atoms with van der Waals surface area (Å²) in [6.45, 7) is 0.475. The highest BCUT2D eigenvalue weighted by Crippen LogP contribution is 2.28. The van der Waals surface area contributed by atoms with E-state index in [0.29, 0.717) is 23.7 Å². The van der Waals surface area contributed by atoms with E-state index in [0.717, 1.165) is 22.7 Å². The predicted molar refractivity (Wildman–Crippen MR) is 106 cm³/mol. The lowest BCUT2D eigenvalue weighted by Gasteiger charge is -2.07. The molecule has 1 aliphatic rings. The van der Waals surface area contributed by atoms with E-state index < -0.39 is 15.9 Å². The Labute approximate surface area is 165 Å². The number of rotatable bonds is 6. The molecule has 6 nitrogen and oxygen atoms in total. The summed E-state index contributed by atoms with van der Waals surface area (Å²) in [6, 6.07) is 13.2. The summed E-state index contributed by atoms with van der Waals surface area (Å²) in [5.74, 6) is 0.249. The molecule has 8 heteroatoms. The van der Waals surface area contributed by atoms with E-state index >= 15 is 0 Å². The molecule has 1 heterocycles. The molecule has 1 fully saturated rings. The summed E-state index contributed by atoms with van der Waals surface area (Å²) in [7, 11) is -3.52. The van der Waals surface area contributed by atoms with Crippen LogP contribution in [0.5, 0.6) is 0 Å². The number of hydrogen-bond donors (Lipinski definition) is 2. The van der Waals surface area contributed by atoms with Crippen LogP contribution in [0, 0.1) is 5.92 Å². The maximum absolute atomic E-state index is 12.4. The van der Waals surface area contributed by atoms with Crippen LogP contribution in [0.2, 0.25) is 0 Å². The first-order valence-electron chi connectivity index (χ1n) is 8.51. The lowest BCUT2D eigenvalue weighted by molar-refractivity contribution is 0.0998. The molecular formula is C19H17BrN2O4S. The highest BCUT2D eigenvalue weighted by atomic mass is 79.9. The molecule has 0 radical (unpaired) electrons. The van der Waals surface area contributed by atoms with E-state index in [1.165, 1.54) is 12.1 Å². The van der Waals surface area contributed by atoms with Gasteiger partial charge in [0.25, 0.3) is 5.91 Å². The monoisotopic (exact) mass is 448 g/mol. The molecule has 140 valence electrons. The first-order valence-corrected chi connectivity index (χ1v) is 10.8. The van der Waals surface area contributed by atoms with E-state index in [2.05, 4.69) is 26.0 Å². The summed E-state index contributed by atoms with van der Waals surface area (Å²) in [5, 5.41) is 3.53. The standard InChI is InChI=1S/C19H17BrN2O4S/c20-14-3-8-17-13(9-14)10-18(26-17)19(23)22-15-4-6-16(7-5-15)27(24,25)21-11-12-1-2-12/h3-10,12,21H,1-2,11H2,(H,22,23). The van der Waals surface area contributed by atoms with Gasteiger partial charge in [0.15, 0.2) is 5.76 Å². The largest absolute Gasteiger partial charge is 0.451 e. The molecular weight excluding hydrogens is 432 g/mol. The number of furan rings is 1. The van der Waals surface area contributed by atoms with Crippen molar-refractivity contribution in [2.24, 2.45) is 5.92 Å². The van der Waals surface area contributed by atoms with Crippen molar-refractivity contribution in [1.82, 2.24) is 4.72 Å². The van der Waals surface area contributed by atoms with Crippen molar-refractivity contribution in [3.8, 4) is 0 Å². The maximum atomic E-state index is 12.4. The van der Waals surface area contributed by atoms with Crippen LogP contribution in [0.25, 0.3) is 11.0 Å². The van der Waals surface area contributed by atoms with Gasteiger partial charge in [0.2, 0.25) is 10.0 Å². The summed E-state index contributed by atoms with van der Waals surface area (Å²) < 4.78 is 33.5. The topological polar surface area (TPSA) is 88.4 Å². The number of anilines is 1. The third-order valence-corrected chi connectivity index (χ3v) is 6.32. The SMILES string of the molecule is O=C(Nc1ccc(S(=O)(=O)NCC2CC2)cc1)c1cc2cc(Br)ccc2o1. The average Bonchev–Trinajstić information content (AvgIpc) is 3.38. The van der Waals surface area contributed by atoms with Gasteiger partial charge in [-0.2, -0.15) is 0 Å². The Balaban J connectivity index is 1.46. The zero-order valence-electron chi connectivity index (χ0n) is 14.2. The van der Waals surface area contributed by atoms with Crippen molar-refractivity contribution in [3.63, 3.8) is 0 Å². The van der Waals surface area contributed by atoms with Gasteiger partial charge < -0.3 is 9.73 Å². The lowest BCUT2D eigenvalue weighted by Crippen LogP contribution is -2.25. The molecule has 3 aromatic rings. The Hall–Kier alpha value is -2.16. The van der Waals surface area contributed by atoms with E-state index in [4.69, 9.17) is 4.42 Å². The number of nitrogens with one attached hydrogen (secondary N) is 2. The van der Waals surface area contributed by atoms with Gasteiger partial charge in [0.05, 0.1) is 4.90 Å². The number of benzene rings is 2. The fourth-order valence-corrected chi connectivity index (χ4v) is 4.16. The Morgan fingerprint density at radius 2 is 1.85 bits per heavy atom. The molecule has 1 amide bonds. The molecule has 0 unspecified atom stereocenters. The van der Waals surface area contributed by atoms with Gasteiger partial charge in [-0.1, -0.05) is 15.9 Å². The molecule has 2 N–H and O–H groups in total. The first-order chi connectivity index (χ1) is 12.9. The van der Waals surface area contributed by atoms with Crippen LogP contribution in [0.3, 0.4) is 0 Å². The van der Waals surface area contributed by atoms with E-state index in [1.54, 1.807) is 24.3 Å². The van der Waals surface area contributed by atoms with Crippen LogP contribution < -0.4 is 10.0 Å². The molecule has 1 aliphatic carbocycles. The van der Waals surface area contributed by atoms with Crippen LogP contribution in [-0.4, -0.2) is 20.9 Å². The van der Waals surface area contributed by atoms with E-state index in [1.807, 2.05) is 12.1 Å². The van der Waals surface area contributed by atoms with Crippen LogP contribution in [0.4, 0.5) is 5.69 Å². The molecule has 1 saturated carbocycles. The molecule has 0 atom stereocenters. The third kappa shape index (κ3) is 4.23. The number of amides is 1. The number of sulfonamides is 1. The Morgan fingerprint density at radius 1 is 1.11 bits per heavy atom. The Bertz CT molecular complexity index is 1100. The second-order valence-corrected chi connectivity index (χ2v) is 9.25. The number of fused-ring (bicyclic) bond motifs is 1. The minimum Gasteiger partial charge on any atom is -0.451 e. The van der Waals surface area contributed by atoms with Gasteiger partial charge in [0, 0.05) is 22.1 Å². The van der Waals surface area contributed by atoms with Gasteiger partial charge in [-0.3, -0.25) is 4.79 Å². The van der Waals surface area contributed by atoms with Gasteiger partial charge in [-0.25, -0.2) is 13.1 Å². The highest BCUT2D eigenvalue weighted by molar-refractivity contribution is 9.10. The Kier molecular flexibility index (Phi) is 4.79. The molecule has 0 spiro atoms. The average molecular weight is 449 g/mol. The third-order valence-electron chi connectivity index (χ3n) is 4.38. The van der Waals surface area contributed by atoms with Crippen molar-refractivity contribution in [2.45, 2.75) is 17.7 Å². The highest BCUT2D eigenvalue weighted by Gasteiger charge is 2.24. The second-order valence-electron chi connectivity index (χ2n) is 6.57. The van der Waals surface area contributed by atoms with Crippen molar-refractivity contribution in [2.75, 3.05) is 11.9 Å². The molecule has 2 aromatic carbocycles. The van der Waals surface area contributed by atoms with Crippen LogP contribution >= 0.6 is 15.9 Å². The number of hydrogen-bond acceptors (Lipinski definition) is 4. The maximum Gasteiger partial charge on any atom is 0.291 e. The Morgan fingerprint density at radius 3 is 2.56 bits per heavy atom. The van der Waals surface area contributed by atoms with Crippen molar-refractivity contribution < 1.29 is 17.6 Å². The molecule has 27 heavy (non-hydrogen) atoms. The van der Waals surface area contributed by atoms with Crippen LogP contribution in [0.1, 0.15) is 23.4 Å². The van der Waals surface area contributed by atoms with Crippen molar-refractivity contribution in [3.05, 3.63) is 58.8 Å². The summed E-state index contributed by atoms with van der Waals surface area (Å²) in [5.41, 5.74) is 1.11. The number of halogens is 1. The minimum atomic E-state index is -3.52. The number of carbonyl (C=O) groups is 1. The van der Waals surface area contributed by atoms with Crippen molar-refractivity contribution >= 4 is 48.5 Å². The summed E-state index contributed by atoms with van der Waals surface area (Å²) in [6.07, 6.45) is 2.15. The number of carbonyl (C=O) groups excluding carboxylic acids is 1. The molecule has 0 bridgehead atoms. The van der Waals surface area contributed by atoms with E-state index in [-0.39, 0.29) is 10.7 Å². The zero-order valence-corrected chi connectivity index (χ0v) is 16.6. The lowest BCUT2D eigenvalue weighted by atomic mass is 10.2. The minimum absolute atomic E-state index is 0.176. The summed E-state index contributed by atoms with van der Waals surface area (Å²) >= 11 is 3.38. The zero-order chi connectivity index (χ0) is 19.0. The molecule has 4 rings (SSSR count). The van der Waals surface area contributed by atoms with E-state index in [9.17, 15) is 13.2 Å². The molecule has 0 saturated heterocycles. The molecule has 0 aliphatic heterocycles. The van der Waals surface area contributed by atoms with Gasteiger partial charge >= 0.3 is 0 Å². The summed E-state index contributed by atoms with van der Waals surface area (Å²) in [4.78, 5) is 12.6. The predicted octanol–water partition coefficient (Wildman–Crippen LogP) is 4.14. The quantitative estimate of drug-likeness (QED) is 0.592. The molecule has 1 aromatic heterocycles. The first kappa shape index (κ1) is 18.2. The van der Waals surface area contributed by atoms with Crippen molar-refractivity contribution in [1.29, 1.82) is 0 Å². The smallest absolute Gasteiger partial charge is 0.291 e. The second kappa shape index (κ2) is 7.10. The van der Waals surface area contributed by atoms with Gasteiger partial charge in [-0.05, 0) is 67.3 Å².